The third-order valence-electron chi connectivity index (χ3n) is 10.8. The highest BCUT2D eigenvalue weighted by atomic mass is 15.0. The number of hydrogen-bond acceptors (Lipinski definition) is 2. The first-order chi connectivity index (χ1) is 25.1. The van der Waals surface area contributed by atoms with Crippen molar-refractivity contribution >= 4 is 38.9 Å². The first kappa shape index (κ1) is 30.8. The number of nitrogens with zero attached hydrogens (tertiary/aromatic N) is 2. The lowest BCUT2D eigenvalue weighted by Crippen LogP contribution is -2.30. The molecule has 2 heterocycles. The Bertz CT molecular complexity index is 2530. The van der Waals surface area contributed by atoms with Gasteiger partial charge in [-0.15, -0.1) is 0 Å². The number of fused-ring (bicyclic) bond motifs is 5. The summed E-state index contributed by atoms with van der Waals surface area (Å²) < 4.78 is 2.48. The van der Waals surface area contributed by atoms with Crippen molar-refractivity contribution in [3.63, 3.8) is 0 Å². The third kappa shape index (κ3) is 5.25. The van der Waals surface area contributed by atoms with Gasteiger partial charge in [0.15, 0.2) is 0 Å². The molecule has 246 valence electrons. The molecular formula is C48H39N3. The summed E-state index contributed by atoms with van der Waals surface area (Å²) in [7, 11) is 0. The van der Waals surface area contributed by atoms with Gasteiger partial charge in [0.2, 0.25) is 0 Å². The Labute approximate surface area is 299 Å². The van der Waals surface area contributed by atoms with E-state index in [0.717, 1.165) is 29.1 Å². The van der Waals surface area contributed by atoms with E-state index in [1.807, 2.05) is 0 Å². The van der Waals surface area contributed by atoms with Gasteiger partial charge in [0.1, 0.15) is 0 Å². The van der Waals surface area contributed by atoms with Crippen molar-refractivity contribution in [3.05, 3.63) is 209 Å². The Morgan fingerprint density at radius 1 is 0.647 bits per heavy atom. The standard InChI is InChI=1S/C48H39N3/c1-33-16-12-14-24-41(33)49-43(32-34-17-6-3-7-18-34)35-26-28-38(29-27-35)51-44-25-15-13-23-39(44)40-30-31-42-45(46(40)51)48(2,37-21-10-5-11-22-37)47(50-42)36-19-8-4-9-20-36/h3-31,47,50H,32H2,1-2H3. The number of rotatable bonds is 7. The maximum Gasteiger partial charge on any atom is 0.0662 e. The molecule has 2 unspecified atom stereocenters. The summed E-state index contributed by atoms with van der Waals surface area (Å²) in [6.07, 6.45) is 0.749. The van der Waals surface area contributed by atoms with Crippen LogP contribution in [0.5, 0.6) is 0 Å². The Morgan fingerprint density at radius 2 is 1.29 bits per heavy atom. The molecule has 0 radical (unpaired) electrons. The summed E-state index contributed by atoms with van der Waals surface area (Å²) in [4.78, 5) is 5.25. The molecule has 1 aliphatic heterocycles. The quantitative estimate of drug-likeness (QED) is 0.170. The van der Waals surface area contributed by atoms with Gasteiger partial charge in [0.05, 0.1) is 28.5 Å². The third-order valence-corrected chi connectivity index (χ3v) is 10.8. The second-order valence-corrected chi connectivity index (χ2v) is 13.8. The molecule has 0 saturated heterocycles. The number of aryl methyl sites for hydroxylation is 1. The van der Waals surface area contributed by atoms with Crippen LogP contribution in [0.3, 0.4) is 0 Å². The predicted molar refractivity (Wildman–Crippen MR) is 214 cm³/mol. The van der Waals surface area contributed by atoms with Gasteiger partial charge < -0.3 is 9.88 Å². The zero-order chi connectivity index (χ0) is 34.4. The number of benzene rings is 7. The first-order valence-electron chi connectivity index (χ1n) is 17.8. The molecule has 3 nitrogen and oxygen atoms in total. The lowest BCUT2D eigenvalue weighted by Gasteiger charge is -2.34. The summed E-state index contributed by atoms with van der Waals surface area (Å²) in [5.74, 6) is 0. The van der Waals surface area contributed by atoms with Crippen molar-refractivity contribution in [2.24, 2.45) is 4.99 Å². The van der Waals surface area contributed by atoms with Gasteiger partial charge in [-0.2, -0.15) is 0 Å². The molecule has 2 atom stereocenters. The fourth-order valence-electron chi connectivity index (χ4n) is 8.21. The van der Waals surface area contributed by atoms with E-state index in [1.54, 1.807) is 0 Å². The van der Waals surface area contributed by atoms with Crippen LogP contribution in [0.15, 0.2) is 181 Å². The molecule has 0 fully saturated rings. The Kier molecular flexibility index (Phi) is 7.62. The van der Waals surface area contributed by atoms with Crippen molar-refractivity contribution in [1.82, 2.24) is 4.57 Å². The van der Waals surface area contributed by atoms with Crippen LogP contribution in [0.1, 0.15) is 46.3 Å². The van der Waals surface area contributed by atoms with Crippen LogP contribution in [0.2, 0.25) is 0 Å². The molecule has 0 bridgehead atoms. The van der Waals surface area contributed by atoms with Gasteiger partial charge in [-0.25, -0.2) is 0 Å². The number of nitrogens with one attached hydrogen (secondary N) is 1. The number of anilines is 1. The van der Waals surface area contributed by atoms with E-state index in [0.29, 0.717) is 0 Å². The molecule has 3 heteroatoms. The van der Waals surface area contributed by atoms with Gasteiger partial charge in [0, 0.05) is 39.5 Å². The van der Waals surface area contributed by atoms with Gasteiger partial charge in [0.25, 0.3) is 0 Å². The smallest absolute Gasteiger partial charge is 0.0662 e. The normalized spacial score (nSPS) is 17.1. The van der Waals surface area contributed by atoms with Crippen molar-refractivity contribution < 1.29 is 0 Å². The summed E-state index contributed by atoms with van der Waals surface area (Å²) >= 11 is 0. The van der Waals surface area contributed by atoms with Gasteiger partial charge in [-0.05, 0) is 72.0 Å². The highest BCUT2D eigenvalue weighted by Crippen LogP contribution is 2.56. The molecule has 0 amide bonds. The number of hydrogen-bond donors (Lipinski definition) is 1. The first-order valence-corrected chi connectivity index (χ1v) is 17.8. The molecular weight excluding hydrogens is 619 g/mol. The average molecular weight is 658 g/mol. The lowest BCUT2D eigenvalue weighted by molar-refractivity contribution is 0.516. The minimum Gasteiger partial charge on any atom is -0.377 e. The number of aliphatic imine (C=N–C) groups is 1. The molecule has 0 spiro atoms. The Hall–Kier alpha value is -6.19. The van der Waals surface area contributed by atoms with Crippen molar-refractivity contribution in [1.29, 1.82) is 0 Å². The van der Waals surface area contributed by atoms with E-state index < -0.39 is 0 Å². The van der Waals surface area contributed by atoms with Crippen LogP contribution in [0.25, 0.3) is 27.5 Å². The van der Waals surface area contributed by atoms with Crippen LogP contribution in [-0.2, 0) is 11.8 Å². The fraction of sp³-hybridized carbons (Fsp3) is 0.104. The highest BCUT2D eigenvalue weighted by Gasteiger charge is 2.47. The molecule has 8 aromatic rings. The predicted octanol–water partition coefficient (Wildman–Crippen LogP) is 11.9. The van der Waals surface area contributed by atoms with Crippen LogP contribution in [0, 0.1) is 6.92 Å². The maximum atomic E-state index is 5.25. The van der Waals surface area contributed by atoms with E-state index in [4.69, 9.17) is 4.99 Å². The van der Waals surface area contributed by atoms with Crippen LogP contribution in [-0.4, -0.2) is 10.3 Å². The molecule has 1 aliphatic rings. The van der Waals surface area contributed by atoms with Crippen molar-refractivity contribution in [2.75, 3.05) is 5.32 Å². The Balaban J connectivity index is 1.25. The van der Waals surface area contributed by atoms with E-state index in [-0.39, 0.29) is 11.5 Å². The van der Waals surface area contributed by atoms with E-state index in [1.165, 1.54) is 55.3 Å². The second kappa shape index (κ2) is 12.6. The van der Waals surface area contributed by atoms with Crippen molar-refractivity contribution in [3.8, 4) is 5.69 Å². The van der Waals surface area contributed by atoms with E-state index in [9.17, 15) is 0 Å². The van der Waals surface area contributed by atoms with E-state index in [2.05, 4.69) is 200 Å². The molecule has 1 N–H and O–H groups in total. The minimum absolute atomic E-state index is 0.0636. The fourth-order valence-corrected chi connectivity index (χ4v) is 8.21. The lowest BCUT2D eigenvalue weighted by atomic mass is 9.70. The summed E-state index contributed by atoms with van der Waals surface area (Å²) in [5, 5.41) is 6.52. The summed E-state index contributed by atoms with van der Waals surface area (Å²) in [5.41, 5.74) is 13.9. The minimum atomic E-state index is -0.341. The number of aromatic nitrogens is 1. The molecule has 51 heavy (non-hydrogen) atoms. The van der Waals surface area contributed by atoms with Crippen LogP contribution in [0.4, 0.5) is 11.4 Å². The molecule has 1 aromatic heterocycles. The molecule has 0 aliphatic carbocycles. The zero-order valence-electron chi connectivity index (χ0n) is 28.9. The summed E-state index contributed by atoms with van der Waals surface area (Å²) in [6, 6.07) is 63.5. The number of para-hydroxylation sites is 2. The molecule has 7 aromatic carbocycles. The monoisotopic (exact) mass is 657 g/mol. The van der Waals surface area contributed by atoms with Crippen LogP contribution < -0.4 is 5.32 Å². The van der Waals surface area contributed by atoms with Crippen molar-refractivity contribution in [2.45, 2.75) is 31.7 Å². The average Bonchev–Trinajstić information content (AvgIpc) is 3.69. The summed E-state index contributed by atoms with van der Waals surface area (Å²) in [6.45, 7) is 4.55. The highest BCUT2D eigenvalue weighted by molar-refractivity contribution is 6.12. The molecule has 0 saturated carbocycles. The van der Waals surface area contributed by atoms with Gasteiger partial charge in [-0.3, -0.25) is 4.99 Å². The topological polar surface area (TPSA) is 29.3 Å². The SMILES string of the molecule is Cc1ccccc1N=C(Cc1ccccc1)c1ccc(-n2c3ccccc3c3ccc4c(c32)C(C)(c2ccccc2)C(c2ccccc2)N4)cc1. The zero-order valence-corrected chi connectivity index (χ0v) is 28.9. The largest absolute Gasteiger partial charge is 0.377 e. The van der Waals surface area contributed by atoms with Crippen LogP contribution >= 0.6 is 0 Å². The maximum absolute atomic E-state index is 5.25. The van der Waals surface area contributed by atoms with Gasteiger partial charge >= 0.3 is 0 Å². The second-order valence-electron chi connectivity index (χ2n) is 13.8. The molecule has 9 rings (SSSR count). The van der Waals surface area contributed by atoms with E-state index >= 15 is 0 Å². The van der Waals surface area contributed by atoms with Gasteiger partial charge in [-0.1, -0.05) is 146 Å². The Morgan fingerprint density at radius 3 is 2.04 bits per heavy atom.